The van der Waals surface area contributed by atoms with Gasteiger partial charge >= 0.3 is 0 Å². The van der Waals surface area contributed by atoms with Crippen LogP contribution in [0.3, 0.4) is 0 Å². The van der Waals surface area contributed by atoms with E-state index in [1.54, 1.807) is 0 Å². The number of rotatable bonds is 6. The number of hydrogen-bond donors (Lipinski definition) is 1. The monoisotopic (exact) mass is 260 g/mol. The fourth-order valence-corrected chi connectivity index (χ4v) is 2.85. The van der Waals surface area contributed by atoms with Crippen molar-refractivity contribution in [1.29, 1.82) is 0 Å². The molecule has 1 saturated carbocycles. The van der Waals surface area contributed by atoms with Gasteiger partial charge in [-0.3, -0.25) is 0 Å². The van der Waals surface area contributed by atoms with Crippen molar-refractivity contribution >= 4 is 0 Å². The molecule has 1 aromatic rings. The van der Waals surface area contributed by atoms with Crippen molar-refractivity contribution in [1.82, 2.24) is 4.90 Å². The first-order valence-corrected chi connectivity index (χ1v) is 7.42. The Labute approximate surface area is 118 Å². The molecule has 0 saturated heterocycles. The van der Waals surface area contributed by atoms with Gasteiger partial charge in [0.05, 0.1) is 0 Å². The highest BCUT2D eigenvalue weighted by Crippen LogP contribution is 2.44. The first-order valence-electron chi connectivity index (χ1n) is 7.42. The van der Waals surface area contributed by atoms with E-state index >= 15 is 0 Å². The minimum Gasteiger partial charge on any atom is -0.330 e. The Morgan fingerprint density at radius 2 is 1.84 bits per heavy atom. The average molecular weight is 260 g/mol. The van der Waals surface area contributed by atoms with E-state index in [0.717, 1.165) is 26.1 Å². The summed E-state index contributed by atoms with van der Waals surface area (Å²) in [6, 6.07) is 4.54. The standard InChI is InChI=1S/C17H28N2/c1-13-5-6-16(15(3)14(13)2)7-10-19(4)12-17(11-18)8-9-17/h5-6H,7-12,18H2,1-4H3. The predicted molar refractivity (Wildman–Crippen MR) is 82.6 cm³/mol. The molecular formula is C17H28N2. The third kappa shape index (κ3) is 3.37. The first-order chi connectivity index (χ1) is 8.97. The van der Waals surface area contributed by atoms with Crippen LogP contribution in [0.2, 0.25) is 0 Å². The molecular weight excluding hydrogens is 232 g/mol. The summed E-state index contributed by atoms with van der Waals surface area (Å²) in [6.45, 7) is 9.81. The number of likely N-dealkylation sites (N-methyl/N-ethyl adjacent to an activating group) is 1. The summed E-state index contributed by atoms with van der Waals surface area (Å²) in [5.74, 6) is 0. The van der Waals surface area contributed by atoms with E-state index in [1.807, 2.05) is 0 Å². The smallest absolute Gasteiger partial charge is 0.00471 e. The van der Waals surface area contributed by atoms with Gasteiger partial charge in [-0.1, -0.05) is 12.1 Å². The zero-order chi connectivity index (χ0) is 14.0. The Hall–Kier alpha value is -0.860. The third-order valence-corrected chi connectivity index (χ3v) is 4.93. The van der Waals surface area contributed by atoms with Crippen LogP contribution >= 0.6 is 0 Å². The van der Waals surface area contributed by atoms with Crippen LogP contribution in [0, 0.1) is 26.2 Å². The van der Waals surface area contributed by atoms with Crippen LogP contribution in [0.4, 0.5) is 0 Å². The molecule has 2 rings (SSSR count). The summed E-state index contributed by atoms with van der Waals surface area (Å²) in [7, 11) is 2.23. The summed E-state index contributed by atoms with van der Waals surface area (Å²) in [5.41, 5.74) is 12.1. The van der Waals surface area contributed by atoms with Crippen LogP contribution in [0.15, 0.2) is 12.1 Å². The van der Waals surface area contributed by atoms with Gasteiger partial charge in [0.15, 0.2) is 0 Å². The van der Waals surface area contributed by atoms with Crippen LogP contribution in [0.25, 0.3) is 0 Å². The number of nitrogens with zero attached hydrogens (tertiary/aromatic N) is 1. The molecule has 19 heavy (non-hydrogen) atoms. The van der Waals surface area contributed by atoms with Crippen molar-refractivity contribution < 1.29 is 0 Å². The summed E-state index contributed by atoms with van der Waals surface area (Å²) >= 11 is 0. The molecule has 1 aromatic carbocycles. The Morgan fingerprint density at radius 1 is 1.16 bits per heavy atom. The van der Waals surface area contributed by atoms with E-state index in [-0.39, 0.29) is 0 Å². The van der Waals surface area contributed by atoms with E-state index in [9.17, 15) is 0 Å². The van der Waals surface area contributed by atoms with Gasteiger partial charge in [0.25, 0.3) is 0 Å². The second kappa shape index (κ2) is 5.64. The topological polar surface area (TPSA) is 29.3 Å². The molecule has 0 aromatic heterocycles. The van der Waals surface area contributed by atoms with E-state index in [0.29, 0.717) is 5.41 Å². The van der Waals surface area contributed by atoms with Gasteiger partial charge in [-0.15, -0.1) is 0 Å². The van der Waals surface area contributed by atoms with Gasteiger partial charge in [0, 0.05) is 13.1 Å². The molecule has 0 amide bonds. The Morgan fingerprint density at radius 3 is 2.42 bits per heavy atom. The van der Waals surface area contributed by atoms with Crippen molar-refractivity contribution in [2.24, 2.45) is 11.1 Å². The Bertz CT molecular complexity index is 447. The maximum absolute atomic E-state index is 5.86. The fraction of sp³-hybridized carbons (Fsp3) is 0.647. The molecule has 1 fully saturated rings. The summed E-state index contributed by atoms with van der Waals surface area (Å²) in [4.78, 5) is 2.45. The zero-order valence-electron chi connectivity index (χ0n) is 12.9. The molecule has 1 aliphatic rings. The molecule has 2 nitrogen and oxygen atoms in total. The fourth-order valence-electron chi connectivity index (χ4n) is 2.85. The molecule has 0 radical (unpaired) electrons. The molecule has 1 aliphatic carbocycles. The van der Waals surface area contributed by atoms with E-state index in [4.69, 9.17) is 5.73 Å². The molecule has 0 atom stereocenters. The van der Waals surface area contributed by atoms with Gasteiger partial charge in [-0.2, -0.15) is 0 Å². The predicted octanol–water partition coefficient (Wildman–Crippen LogP) is 2.83. The van der Waals surface area contributed by atoms with Gasteiger partial charge in [0.1, 0.15) is 0 Å². The maximum atomic E-state index is 5.86. The highest BCUT2D eigenvalue weighted by Gasteiger charge is 2.41. The molecule has 0 spiro atoms. The lowest BCUT2D eigenvalue weighted by Crippen LogP contribution is -2.32. The zero-order valence-corrected chi connectivity index (χ0v) is 12.9. The van der Waals surface area contributed by atoms with Crippen molar-refractivity contribution in [3.63, 3.8) is 0 Å². The molecule has 2 heteroatoms. The molecule has 106 valence electrons. The number of benzene rings is 1. The molecule has 0 heterocycles. The Kier molecular flexibility index (Phi) is 4.32. The highest BCUT2D eigenvalue weighted by atomic mass is 15.1. The van der Waals surface area contributed by atoms with E-state index in [2.05, 4.69) is 44.9 Å². The van der Waals surface area contributed by atoms with Crippen molar-refractivity contribution in [3.8, 4) is 0 Å². The molecule has 0 unspecified atom stereocenters. The molecule has 0 aliphatic heterocycles. The van der Waals surface area contributed by atoms with Crippen LogP contribution in [0.1, 0.15) is 35.1 Å². The lowest BCUT2D eigenvalue weighted by molar-refractivity contribution is 0.269. The summed E-state index contributed by atoms with van der Waals surface area (Å²) in [6.07, 6.45) is 3.77. The number of aryl methyl sites for hydroxylation is 1. The minimum atomic E-state index is 0.451. The molecule has 2 N–H and O–H groups in total. The van der Waals surface area contributed by atoms with Gasteiger partial charge < -0.3 is 10.6 Å². The lowest BCUT2D eigenvalue weighted by atomic mass is 9.97. The van der Waals surface area contributed by atoms with Gasteiger partial charge in [-0.25, -0.2) is 0 Å². The minimum absolute atomic E-state index is 0.451. The van der Waals surface area contributed by atoms with Crippen molar-refractivity contribution in [2.45, 2.75) is 40.0 Å². The second-order valence-corrected chi connectivity index (χ2v) is 6.48. The van der Waals surface area contributed by atoms with Gasteiger partial charge in [0.2, 0.25) is 0 Å². The normalized spacial score (nSPS) is 16.9. The van der Waals surface area contributed by atoms with Crippen molar-refractivity contribution in [3.05, 3.63) is 34.4 Å². The van der Waals surface area contributed by atoms with Crippen molar-refractivity contribution in [2.75, 3.05) is 26.7 Å². The van der Waals surface area contributed by atoms with Crippen LogP contribution in [-0.2, 0) is 6.42 Å². The van der Waals surface area contributed by atoms with E-state index < -0.39 is 0 Å². The summed E-state index contributed by atoms with van der Waals surface area (Å²) < 4.78 is 0. The summed E-state index contributed by atoms with van der Waals surface area (Å²) in [5, 5.41) is 0. The number of hydrogen-bond acceptors (Lipinski definition) is 2. The quantitative estimate of drug-likeness (QED) is 0.852. The van der Waals surface area contributed by atoms with Crippen LogP contribution in [0.5, 0.6) is 0 Å². The van der Waals surface area contributed by atoms with Gasteiger partial charge in [-0.05, 0) is 81.3 Å². The van der Waals surface area contributed by atoms with Crippen LogP contribution in [-0.4, -0.2) is 31.6 Å². The first kappa shape index (κ1) is 14.5. The van der Waals surface area contributed by atoms with E-state index in [1.165, 1.54) is 35.1 Å². The molecule has 0 bridgehead atoms. The average Bonchev–Trinajstić information content (AvgIpc) is 3.15. The second-order valence-electron chi connectivity index (χ2n) is 6.48. The Balaban J connectivity index is 1.90. The van der Waals surface area contributed by atoms with Crippen LogP contribution < -0.4 is 5.73 Å². The third-order valence-electron chi connectivity index (χ3n) is 4.93. The maximum Gasteiger partial charge on any atom is 0.00471 e. The highest BCUT2D eigenvalue weighted by molar-refractivity contribution is 5.38. The lowest BCUT2D eigenvalue weighted by Gasteiger charge is -2.23. The largest absolute Gasteiger partial charge is 0.330 e. The SMILES string of the molecule is Cc1ccc(CCN(C)CC2(CN)CC2)c(C)c1C. The number of nitrogens with two attached hydrogens (primary N) is 1.